The summed E-state index contributed by atoms with van der Waals surface area (Å²) in [5.41, 5.74) is 2.04. The van der Waals surface area contributed by atoms with Crippen molar-refractivity contribution in [3.05, 3.63) is 48.7 Å². The van der Waals surface area contributed by atoms with Gasteiger partial charge in [0.25, 0.3) is 11.8 Å². The van der Waals surface area contributed by atoms with Crippen molar-refractivity contribution in [3.63, 3.8) is 0 Å². The summed E-state index contributed by atoms with van der Waals surface area (Å²) >= 11 is 0. The normalized spacial score (nSPS) is 15.9. The largest absolute Gasteiger partial charge is 0.490 e. The van der Waals surface area contributed by atoms with Gasteiger partial charge < -0.3 is 24.4 Å². The molecule has 0 saturated carbocycles. The first-order chi connectivity index (χ1) is 15.2. The maximum atomic E-state index is 13.2. The summed E-state index contributed by atoms with van der Waals surface area (Å²) in [6, 6.07) is 9.09. The number of rotatable bonds is 9. The minimum absolute atomic E-state index is 0.0332. The van der Waals surface area contributed by atoms with Gasteiger partial charge >= 0.3 is 0 Å². The average molecular weight is 447 g/mol. The number of pyridine rings is 1. The molecule has 1 aliphatic heterocycles. The third-order valence-electron chi connectivity index (χ3n) is 4.84. The second-order valence-electron chi connectivity index (χ2n) is 7.69. The van der Waals surface area contributed by atoms with Gasteiger partial charge in [-0.15, -0.1) is 0 Å². The van der Waals surface area contributed by atoms with Crippen molar-refractivity contribution in [2.75, 3.05) is 31.7 Å². The number of ether oxygens (including phenoxy) is 3. The zero-order valence-corrected chi connectivity index (χ0v) is 18.4. The highest BCUT2D eigenvalue weighted by molar-refractivity contribution is 5.84. The van der Waals surface area contributed by atoms with Gasteiger partial charge in [-0.2, -0.15) is 0 Å². The molecular formula is C23H27F2N3O4. The SMILES string of the molecule is C=C(NC(C)=O)c1ccc(O[C@@H]2CCN(c3ccnc(OCC(C)(F)F)c3OC)C2)cc1. The first-order valence-corrected chi connectivity index (χ1v) is 10.2. The Kier molecular flexibility index (Phi) is 7.17. The number of nitrogens with zero attached hydrogens (tertiary/aromatic N) is 2. The fourth-order valence-corrected chi connectivity index (χ4v) is 3.41. The molecule has 0 aliphatic carbocycles. The Hall–Kier alpha value is -3.36. The predicted molar refractivity (Wildman–Crippen MR) is 117 cm³/mol. The van der Waals surface area contributed by atoms with Crippen LogP contribution in [0.1, 0.15) is 25.8 Å². The zero-order valence-electron chi connectivity index (χ0n) is 18.4. The Bertz CT molecular complexity index is 961. The molecule has 9 heteroatoms. The molecule has 32 heavy (non-hydrogen) atoms. The first kappa shape index (κ1) is 23.3. The van der Waals surface area contributed by atoms with E-state index in [2.05, 4.69) is 21.8 Å². The van der Waals surface area contributed by atoms with Gasteiger partial charge in [-0.1, -0.05) is 6.58 Å². The highest BCUT2D eigenvalue weighted by Crippen LogP contribution is 2.38. The molecule has 172 valence electrons. The van der Waals surface area contributed by atoms with E-state index in [0.717, 1.165) is 18.9 Å². The number of carbonyl (C=O) groups is 1. The van der Waals surface area contributed by atoms with E-state index >= 15 is 0 Å². The summed E-state index contributed by atoms with van der Waals surface area (Å²) in [5.74, 6) is -2.10. The molecule has 0 spiro atoms. The van der Waals surface area contributed by atoms with Gasteiger partial charge in [0.2, 0.25) is 11.7 Å². The molecule has 1 aromatic carbocycles. The number of nitrogens with one attached hydrogen (secondary N) is 1. The van der Waals surface area contributed by atoms with Gasteiger partial charge in [-0.05, 0) is 35.9 Å². The molecule has 1 aromatic heterocycles. The Morgan fingerprint density at radius 2 is 2.03 bits per heavy atom. The molecule has 1 fully saturated rings. The maximum Gasteiger partial charge on any atom is 0.278 e. The van der Waals surface area contributed by atoms with E-state index < -0.39 is 12.5 Å². The van der Waals surface area contributed by atoms with Crippen molar-refractivity contribution in [2.45, 2.75) is 32.3 Å². The third kappa shape index (κ3) is 6.09. The summed E-state index contributed by atoms with van der Waals surface area (Å²) in [5, 5.41) is 2.66. The van der Waals surface area contributed by atoms with Crippen molar-refractivity contribution >= 4 is 17.3 Å². The smallest absolute Gasteiger partial charge is 0.278 e. The van der Waals surface area contributed by atoms with Crippen LogP contribution in [0, 0.1) is 0 Å². The number of amides is 1. The Balaban J connectivity index is 1.64. The summed E-state index contributed by atoms with van der Waals surface area (Å²) in [6.45, 7) is 6.57. The predicted octanol–water partition coefficient (Wildman–Crippen LogP) is 3.89. The van der Waals surface area contributed by atoms with E-state index in [4.69, 9.17) is 14.2 Å². The van der Waals surface area contributed by atoms with Crippen LogP contribution in [0.4, 0.5) is 14.5 Å². The van der Waals surface area contributed by atoms with Gasteiger partial charge in [-0.3, -0.25) is 4.79 Å². The molecule has 0 bridgehead atoms. The van der Waals surface area contributed by atoms with Crippen LogP contribution in [0.5, 0.6) is 17.4 Å². The number of hydrogen-bond donors (Lipinski definition) is 1. The second-order valence-corrected chi connectivity index (χ2v) is 7.69. The van der Waals surface area contributed by atoms with Gasteiger partial charge in [0.05, 0.1) is 19.3 Å². The second kappa shape index (κ2) is 9.84. The molecule has 1 saturated heterocycles. The summed E-state index contributed by atoms with van der Waals surface area (Å²) in [7, 11) is 1.46. The molecule has 7 nitrogen and oxygen atoms in total. The highest BCUT2D eigenvalue weighted by Gasteiger charge is 2.29. The fourth-order valence-electron chi connectivity index (χ4n) is 3.41. The highest BCUT2D eigenvalue weighted by atomic mass is 19.3. The number of aromatic nitrogens is 1. The number of benzene rings is 1. The molecule has 2 heterocycles. The van der Waals surface area contributed by atoms with Crippen LogP contribution in [-0.2, 0) is 4.79 Å². The molecule has 1 atom stereocenters. The molecular weight excluding hydrogens is 420 g/mol. The van der Waals surface area contributed by atoms with Crippen molar-refractivity contribution < 1.29 is 27.8 Å². The monoisotopic (exact) mass is 447 g/mol. The van der Waals surface area contributed by atoms with Gasteiger partial charge in [0.15, 0.2) is 6.61 Å². The molecule has 0 radical (unpaired) electrons. The minimum atomic E-state index is -2.97. The van der Waals surface area contributed by atoms with Crippen LogP contribution in [0.2, 0.25) is 0 Å². The van der Waals surface area contributed by atoms with E-state index in [-0.39, 0.29) is 17.9 Å². The number of hydrogen-bond acceptors (Lipinski definition) is 6. The van der Waals surface area contributed by atoms with Crippen LogP contribution >= 0.6 is 0 Å². The molecule has 1 amide bonds. The lowest BCUT2D eigenvalue weighted by atomic mass is 10.1. The molecule has 0 unspecified atom stereocenters. The van der Waals surface area contributed by atoms with Crippen LogP contribution < -0.4 is 24.4 Å². The van der Waals surface area contributed by atoms with Crippen molar-refractivity contribution in [1.29, 1.82) is 0 Å². The standard InChI is InChI=1S/C23H27F2N3O4/c1-15(27-16(2)29)17-5-7-18(8-6-17)32-19-10-12-28(13-19)20-9-11-26-22(21(20)30-4)31-14-23(3,24)25/h5-9,11,19H,1,10,12-14H2,2-4H3,(H,27,29)/t19-/m1/s1. The lowest BCUT2D eigenvalue weighted by molar-refractivity contribution is -0.117. The van der Waals surface area contributed by atoms with Gasteiger partial charge in [0, 0.05) is 38.7 Å². The van der Waals surface area contributed by atoms with E-state index in [1.54, 1.807) is 6.07 Å². The third-order valence-corrected chi connectivity index (χ3v) is 4.84. The van der Waals surface area contributed by atoms with E-state index in [1.165, 1.54) is 20.2 Å². The van der Waals surface area contributed by atoms with E-state index in [9.17, 15) is 13.6 Å². The van der Waals surface area contributed by atoms with Crippen molar-refractivity contribution in [3.8, 4) is 17.4 Å². The number of carbonyl (C=O) groups excluding carboxylic acids is 1. The Morgan fingerprint density at radius 3 is 2.66 bits per heavy atom. The van der Waals surface area contributed by atoms with Crippen LogP contribution in [0.3, 0.4) is 0 Å². The first-order valence-electron chi connectivity index (χ1n) is 10.2. The zero-order chi connectivity index (χ0) is 23.3. The van der Waals surface area contributed by atoms with Crippen LogP contribution in [0.15, 0.2) is 43.1 Å². The number of methoxy groups -OCH3 is 1. The van der Waals surface area contributed by atoms with Crippen LogP contribution in [-0.4, -0.2) is 49.7 Å². The van der Waals surface area contributed by atoms with Crippen molar-refractivity contribution in [2.24, 2.45) is 0 Å². The Labute approximate surface area is 186 Å². The van der Waals surface area contributed by atoms with Gasteiger partial charge in [-0.25, -0.2) is 13.8 Å². The lowest BCUT2D eigenvalue weighted by Crippen LogP contribution is -2.25. The van der Waals surface area contributed by atoms with Crippen molar-refractivity contribution in [1.82, 2.24) is 10.3 Å². The van der Waals surface area contributed by atoms with E-state index in [0.29, 0.717) is 36.0 Å². The summed E-state index contributed by atoms with van der Waals surface area (Å²) < 4.78 is 43.1. The quantitative estimate of drug-likeness (QED) is 0.629. The molecule has 1 aliphatic rings. The Morgan fingerprint density at radius 1 is 1.31 bits per heavy atom. The summed E-state index contributed by atoms with van der Waals surface area (Å²) in [6.07, 6.45) is 2.21. The topological polar surface area (TPSA) is 72.9 Å². The number of alkyl halides is 2. The van der Waals surface area contributed by atoms with Gasteiger partial charge in [0.1, 0.15) is 11.9 Å². The fraction of sp³-hybridized carbons (Fsp3) is 0.391. The summed E-state index contributed by atoms with van der Waals surface area (Å²) in [4.78, 5) is 17.3. The number of anilines is 1. The minimum Gasteiger partial charge on any atom is -0.490 e. The van der Waals surface area contributed by atoms with E-state index in [1.807, 2.05) is 24.3 Å². The van der Waals surface area contributed by atoms with Crippen LogP contribution in [0.25, 0.3) is 5.70 Å². The molecule has 1 N–H and O–H groups in total. The average Bonchev–Trinajstić information content (AvgIpc) is 3.19. The molecule has 3 rings (SSSR count). The maximum absolute atomic E-state index is 13.2. The molecule has 2 aromatic rings. The lowest BCUT2D eigenvalue weighted by Gasteiger charge is -2.23. The number of halogens is 2.